The molecule has 13 aromatic rings. The fraction of sp³-hybridized carbons (Fsp3) is 0.122. The summed E-state index contributed by atoms with van der Waals surface area (Å²) in [4.78, 5) is 10.2. The molecule has 89 heavy (non-hydrogen) atoms. The monoisotopic (exact) mass is 1330 g/mol. The SMILES string of the molecule is Cc1cc(N2c3[c-]c(Oc4[c-]c(-n5[c](=[Pt])n(-c6c(-c7ccccc7)cccc6-c6ccccc6)c6ccccc65)ccc4)ccc3C3(c4ccccc42)c2ccccc2N(c2cccc(C(C)(C)C)c2)c2ccccc23)ncc1-c1ccc(C(C)(C)C)cc1. The van der Waals surface area contributed by atoms with E-state index in [1.54, 1.807) is 0 Å². The molecule has 0 unspecified atom stereocenters. The van der Waals surface area contributed by atoms with Crippen LogP contribution in [0.3, 0.4) is 0 Å². The van der Waals surface area contributed by atoms with Crippen molar-refractivity contribution in [3.63, 3.8) is 0 Å². The van der Waals surface area contributed by atoms with Crippen LogP contribution in [0.5, 0.6) is 11.5 Å². The number of fused-ring (bicyclic) bond motifs is 9. The first-order chi connectivity index (χ1) is 43.3. The van der Waals surface area contributed by atoms with Crippen molar-refractivity contribution in [1.29, 1.82) is 0 Å². The zero-order chi connectivity index (χ0) is 60.8. The molecule has 0 radical (unpaired) electrons. The van der Waals surface area contributed by atoms with Crippen molar-refractivity contribution in [1.82, 2.24) is 14.1 Å². The molecule has 436 valence electrons. The van der Waals surface area contributed by atoms with Crippen LogP contribution >= 0.6 is 0 Å². The van der Waals surface area contributed by atoms with Crippen LogP contribution in [0.25, 0.3) is 55.8 Å². The number of nitrogens with zero attached hydrogens (tertiary/aromatic N) is 5. The summed E-state index contributed by atoms with van der Waals surface area (Å²) >= 11 is 2.50. The Morgan fingerprint density at radius 2 is 0.944 bits per heavy atom. The van der Waals surface area contributed by atoms with Gasteiger partial charge in [0.15, 0.2) is 0 Å². The van der Waals surface area contributed by atoms with Crippen LogP contribution in [-0.2, 0) is 35.6 Å². The molecule has 0 bridgehead atoms. The third kappa shape index (κ3) is 9.34. The average molecular weight is 1330 g/mol. The van der Waals surface area contributed by atoms with Crippen molar-refractivity contribution in [3.8, 4) is 56.3 Å². The summed E-state index contributed by atoms with van der Waals surface area (Å²) in [6.45, 7) is 15.8. The molecule has 0 N–H and O–H groups in total. The topological polar surface area (TPSA) is 38.5 Å². The maximum atomic E-state index is 7.15. The number of para-hydroxylation sites is 6. The normalized spacial score (nSPS) is 13.2. The molecule has 0 aliphatic carbocycles. The van der Waals surface area contributed by atoms with E-state index in [-0.39, 0.29) is 10.8 Å². The molecule has 2 aliphatic rings. The van der Waals surface area contributed by atoms with Crippen molar-refractivity contribution in [2.75, 3.05) is 9.80 Å². The summed E-state index contributed by atoms with van der Waals surface area (Å²) < 4.78 is 12.8. The molecule has 2 aliphatic heterocycles. The molecule has 15 rings (SSSR count). The number of imidazole rings is 1. The minimum atomic E-state index is -0.806. The number of aryl methyl sites for hydroxylation is 1. The predicted molar refractivity (Wildman–Crippen MR) is 361 cm³/mol. The second-order valence-electron chi connectivity index (χ2n) is 25.4. The molecule has 0 fully saturated rings. The smallest absolute Gasteiger partial charge is 0.310 e. The average Bonchev–Trinajstić information content (AvgIpc) is 1.03. The van der Waals surface area contributed by atoms with Crippen LogP contribution in [0, 0.1) is 22.9 Å². The Hall–Kier alpha value is -9.87. The van der Waals surface area contributed by atoms with Crippen molar-refractivity contribution in [2.45, 2.75) is 64.7 Å². The van der Waals surface area contributed by atoms with Crippen LogP contribution in [-0.4, -0.2) is 14.1 Å². The van der Waals surface area contributed by atoms with E-state index in [9.17, 15) is 0 Å². The van der Waals surface area contributed by atoms with Crippen LogP contribution in [0.4, 0.5) is 34.3 Å². The predicted octanol–water partition coefficient (Wildman–Crippen LogP) is 21.1. The molecular formula is C82H65N5OPt-2. The number of rotatable bonds is 9. The van der Waals surface area contributed by atoms with E-state index < -0.39 is 5.41 Å². The van der Waals surface area contributed by atoms with Gasteiger partial charge < -0.3 is 4.90 Å². The minimum absolute atomic E-state index is 0.0421. The molecule has 0 saturated heterocycles. The summed E-state index contributed by atoms with van der Waals surface area (Å²) in [5.41, 5.74) is 23.4. The number of benzene rings is 11. The van der Waals surface area contributed by atoms with Crippen LogP contribution in [0.15, 0.2) is 267 Å². The Morgan fingerprint density at radius 3 is 1.54 bits per heavy atom. The molecule has 6 nitrogen and oxygen atoms in total. The summed E-state index contributed by atoms with van der Waals surface area (Å²) in [6.07, 6.45) is 2.04. The van der Waals surface area contributed by atoms with E-state index in [1.165, 1.54) is 22.3 Å². The van der Waals surface area contributed by atoms with E-state index in [0.717, 1.165) is 111 Å². The van der Waals surface area contributed by atoms with Gasteiger partial charge in [0.25, 0.3) is 0 Å². The van der Waals surface area contributed by atoms with Gasteiger partial charge in [-0.3, -0.25) is 0 Å². The summed E-state index contributed by atoms with van der Waals surface area (Å²) in [5, 5.41) is 0. The third-order valence-electron chi connectivity index (χ3n) is 17.9. The number of hydrogen-bond acceptors (Lipinski definition) is 4. The van der Waals surface area contributed by atoms with Crippen molar-refractivity contribution < 1.29 is 24.1 Å². The number of pyridine rings is 1. The van der Waals surface area contributed by atoms with Gasteiger partial charge in [0.2, 0.25) is 0 Å². The zero-order valence-electron chi connectivity index (χ0n) is 50.9. The van der Waals surface area contributed by atoms with Gasteiger partial charge in [-0.1, -0.05) is 133 Å². The first-order valence-corrected chi connectivity index (χ1v) is 31.7. The van der Waals surface area contributed by atoms with E-state index in [4.69, 9.17) is 9.72 Å². The Bertz CT molecular complexity index is 4840. The Balaban J connectivity index is 0.906. The van der Waals surface area contributed by atoms with Crippen LogP contribution in [0.2, 0.25) is 0 Å². The summed E-state index contributed by atoms with van der Waals surface area (Å²) in [6, 6.07) is 102. The number of anilines is 6. The molecule has 0 saturated carbocycles. The van der Waals surface area contributed by atoms with E-state index >= 15 is 0 Å². The molecule has 4 heterocycles. The second kappa shape index (κ2) is 21.8. The Kier molecular flexibility index (Phi) is 13.6. The van der Waals surface area contributed by atoms with Gasteiger partial charge in [-0.25, -0.2) is 0 Å². The number of aromatic nitrogens is 3. The summed E-state index contributed by atoms with van der Waals surface area (Å²) in [5.74, 6) is 1.89. The molecule has 0 atom stereocenters. The minimum Gasteiger partial charge on any atom is -0.310 e. The first-order valence-electron chi connectivity index (χ1n) is 30.5. The zero-order valence-corrected chi connectivity index (χ0v) is 53.1. The molecule has 2 aromatic heterocycles. The van der Waals surface area contributed by atoms with Crippen molar-refractivity contribution in [3.05, 3.63) is 322 Å². The fourth-order valence-corrected chi connectivity index (χ4v) is 14.7. The quantitative estimate of drug-likeness (QED) is 0.135. The van der Waals surface area contributed by atoms with Gasteiger partial charge in [-0.05, 0) is 64.3 Å². The van der Waals surface area contributed by atoms with Gasteiger partial charge in [-0.2, -0.15) is 0 Å². The number of ether oxygens (including phenoxy) is 1. The molecular weight excluding hydrogens is 1270 g/mol. The van der Waals surface area contributed by atoms with Gasteiger partial charge in [0.05, 0.1) is 0 Å². The first kappa shape index (κ1) is 55.7. The molecule has 11 aromatic carbocycles. The van der Waals surface area contributed by atoms with Gasteiger partial charge >= 0.3 is 306 Å². The van der Waals surface area contributed by atoms with Crippen molar-refractivity contribution >= 4 is 45.3 Å². The van der Waals surface area contributed by atoms with E-state index in [2.05, 4.69) is 354 Å². The molecule has 1 spiro atoms. The Morgan fingerprint density at radius 1 is 0.427 bits per heavy atom. The van der Waals surface area contributed by atoms with Gasteiger partial charge in [0.1, 0.15) is 0 Å². The maximum absolute atomic E-state index is 7.15. The second-order valence-corrected chi connectivity index (χ2v) is 26.4. The standard InChI is InChI=1S/C82H65N5O.Pt/c1-55-49-78(83-53-67(55)58-43-45-59(46-44-58)80(2,3)4)87-74-40-19-16-37-70(74)82(68-35-14-17-38-72(68)86(73-39-18-15-36-69(73)82)62-31-22-29-60(50-62)81(5,6)7)71-48-47-64(52-77(71)87)88-63-32-23-30-61(51-63)84-54-85(76-42-21-20-41-75(76)84)79-65(56-25-10-8-11-26-56)33-24-34-66(79)57-27-12-9-13-28-57;/h8-50,53H,1-7H3;/q-2;. The van der Waals surface area contributed by atoms with E-state index in [1.807, 2.05) is 12.3 Å². The molecule has 7 heteroatoms. The Labute approximate surface area is 532 Å². The van der Waals surface area contributed by atoms with Gasteiger partial charge in [0, 0.05) is 28.8 Å². The van der Waals surface area contributed by atoms with Crippen molar-refractivity contribution in [2.24, 2.45) is 0 Å². The summed E-state index contributed by atoms with van der Waals surface area (Å²) in [7, 11) is 0. The third-order valence-corrected chi connectivity index (χ3v) is 18.9. The number of hydrogen-bond donors (Lipinski definition) is 0. The molecule has 0 amide bonds. The fourth-order valence-electron chi connectivity index (χ4n) is 13.6. The van der Waals surface area contributed by atoms with E-state index in [0.29, 0.717) is 11.5 Å². The van der Waals surface area contributed by atoms with Gasteiger partial charge in [-0.15, -0.1) is 0 Å². The van der Waals surface area contributed by atoms with Crippen LogP contribution < -0.4 is 14.5 Å². The van der Waals surface area contributed by atoms with Crippen LogP contribution in [0.1, 0.15) is 80.5 Å².